The van der Waals surface area contributed by atoms with Crippen LogP contribution in [0.2, 0.25) is 0 Å². The maximum Gasteiger partial charge on any atom is 0.269 e. The van der Waals surface area contributed by atoms with Crippen LogP contribution in [0.1, 0.15) is 19.4 Å². The zero-order valence-corrected chi connectivity index (χ0v) is 11.6. The van der Waals surface area contributed by atoms with Gasteiger partial charge < -0.3 is 15.2 Å². The molecule has 0 aliphatic heterocycles. The lowest BCUT2D eigenvalue weighted by molar-refractivity contribution is -0.384. The number of non-ortho nitro benzene ring substituents is 1. The van der Waals surface area contributed by atoms with Gasteiger partial charge >= 0.3 is 0 Å². The molecule has 0 spiro atoms. The molecule has 1 rings (SSSR count). The van der Waals surface area contributed by atoms with Crippen molar-refractivity contribution in [1.82, 2.24) is 0 Å². The number of nitrogens with two attached hydrogens (primary N) is 1. The standard InChI is InChI=1S/C13H19N3O4/c1-3-19-12(20-4-2)9-15-13(14)10-5-7-11(8-6-10)16(17)18/h5-8,12H,3-4,9H2,1-2H3,(H2,14,15). The van der Waals surface area contributed by atoms with Crippen molar-refractivity contribution in [2.45, 2.75) is 20.1 Å². The van der Waals surface area contributed by atoms with E-state index in [4.69, 9.17) is 15.2 Å². The van der Waals surface area contributed by atoms with Gasteiger partial charge in [0.05, 0.1) is 11.5 Å². The van der Waals surface area contributed by atoms with Crippen LogP contribution in [0.3, 0.4) is 0 Å². The first-order chi connectivity index (χ1) is 9.58. The number of rotatable bonds is 8. The number of hydrogen-bond donors (Lipinski definition) is 1. The van der Waals surface area contributed by atoms with Gasteiger partial charge in [-0.25, -0.2) is 0 Å². The Balaban J connectivity index is 2.69. The predicted octanol–water partition coefficient (Wildman–Crippen LogP) is 1.70. The minimum atomic E-state index is -0.461. The van der Waals surface area contributed by atoms with Crippen molar-refractivity contribution in [3.05, 3.63) is 39.9 Å². The monoisotopic (exact) mass is 281 g/mol. The number of benzene rings is 1. The van der Waals surface area contributed by atoms with Crippen molar-refractivity contribution in [3.8, 4) is 0 Å². The summed E-state index contributed by atoms with van der Waals surface area (Å²) in [5, 5.41) is 10.6. The molecule has 7 heteroatoms. The van der Waals surface area contributed by atoms with Crippen LogP contribution in [0.5, 0.6) is 0 Å². The molecular weight excluding hydrogens is 262 g/mol. The van der Waals surface area contributed by atoms with Crippen molar-refractivity contribution in [3.63, 3.8) is 0 Å². The molecule has 20 heavy (non-hydrogen) atoms. The van der Waals surface area contributed by atoms with Gasteiger partial charge in [0.15, 0.2) is 6.29 Å². The van der Waals surface area contributed by atoms with E-state index in [1.165, 1.54) is 12.1 Å². The Bertz CT molecular complexity index is 453. The number of amidine groups is 1. The van der Waals surface area contributed by atoms with E-state index >= 15 is 0 Å². The number of ether oxygens (including phenoxy) is 2. The zero-order valence-electron chi connectivity index (χ0n) is 11.6. The molecule has 0 unspecified atom stereocenters. The minimum absolute atomic E-state index is 0.0167. The first-order valence-corrected chi connectivity index (χ1v) is 6.36. The van der Waals surface area contributed by atoms with Crippen LogP contribution < -0.4 is 5.73 Å². The Morgan fingerprint density at radius 3 is 2.30 bits per heavy atom. The summed E-state index contributed by atoms with van der Waals surface area (Å²) < 4.78 is 10.7. The summed E-state index contributed by atoms with van der Waals surface area (Å²) in [4.78, 5) is 14.3. The van der Waals surface area contributed by atoms with E-state index in [0.717, 1.165) is 0 Å². The Hall–Kier alpha value is -1.99. The largest absolute Gasteiger partial charge is 0.384 e. The third-order valence-electron chi connectivity index (χ3n) is 2.49. The molecule has 110 valence electrons. The summed E-state index contributed by atoms with van der Waals surface area (Å²) in [5.41, 5.74) is 6.47. The van der Waals surface area contributed by atoms with E-state index in [2.05, 4.69) is 4.99 Å². The zero-order chi connectivity index (χ0) is 15.0. The highest BCUT2D eigenvalue weighted by molar-refractivity contribution is 5.97. The molecule has 0 aromatic heterocycles. The molecule has 1 aromatic rings. The van der Waals surface area contributed by atoms with Crippen LogP contribution in [0.4, 0.5) is 5.69 Å². The molecule has 1 aromatic carbocycles. The molecule has 0 fully saturated rings. The molecule has 0 aliphatic carbocycles. The van der Waals surface area contributed by atoms with E-state index in [1.54, 1.807) is 12.1 Å². The Morgan fingerprint density at radius 1 is 1.30 bits per heavy atom. The summed E-state index contributed by atoms with van der Waals surface area (Å²) in [6.45, 7) is 5.07. The number of nitrogens with zero attached hydrogens (tertiary/aromatic N) is 2. The highest BCUT2D eigenvalue weighted by Gasteiger charge is 2.09. The molecule has 7 nitrogen and oxygen atoms in total. The molecule has 0 aliphatic rings. The fraction of sp³-hybridized carbons (Fsp3) is 0.462. The second kappa shape index (κ2) is 8.23. The van der Waals surface area contributed by atoms with Crippen LogP contribution in [0, 0.1) is 10.1 Å². The van der Waals surface area contributed by atoms with Crippen molar-refractivity contribution >= 4 is 11.5 Å². The smallest absolute Gasteiger partial charge is 0.269 e. The van der Waals surface area contributed by atoms with Gasteiger partial charge in [-0.05, 0) is 26.0 Å². The van der Waals surface area contributed by atoms with Crippen LogP contribution in [0.15, 0.2) is 29.3 Å². The van der Waals surface area contributed by atoms with E-state index in [9.17, 15) is 10.1 Å². The van der Waals surface area contributed by atoms with Gasteiger partial charge in [-0.15, -0.1) is 0 Å². The van der Waals surface area contributed by atoms with E-state index < -0.39 is 11.2 Å². The molecule has 0 radical (unpaired) electrons. The maximum absolute atomic E-state index is 10.6. The normalized spacial score (nSPS) is 11.8. The topological polar surface area (TPSA) is 100.0 Å². The molecule has 0 atom stereocenters. The average molecular weight is 281 g/mol. The van der Waals surface area contributed by atoms with Crippen molar-refractivity contribution in [1.29, 1.82) is 0 Å². The molecule has 0 amide bonds. The molecule has 0 bridgehead atoms. The van der Waals surface area contributed by atoms with Crippen molar-refractivity contribution in [2.75, 3.05) is 19.8 Å². The predicted molar refractivity (Wildman–Crippen MR) is 75.7 cm³/mol. The minimum Gasteiger partial charge on any atom is -0.384 e. The second-order valence-corrected chi connectivity index (χ2v) is 3.87. The molecule has 2 N–H and O–H groups in total. The van der Waals surface area contributed by atoms with Crippen LogP contribution in [-0.4, -0.2) is 36.8 Å². The number of nitro groups is 1. The van der Waals surface area contributed by atoms with E-state index in [-0.39, 0.29) is 12.2 Å². The number of nitro benzene ring substituents is 1. The number of aliphatic imine (C=N–C) groups is 1. The first kappa shape index (κ1) is 16.1. The van der Waals surface area contributed by atoms with Gasteiger partial charge in [-0.3, -0.25) is 15.1 Å². The molecule has 0 saturated carbocycles. The van der Waals surface area contributed by atoms with Crippen molar-refractivity contribution in [2.24, 2.45) is 10.7 Å². The third-order valence-corrected chi connectivity index (χ3v) is 2.49. The van der Waals surface area contributed by atoms with Gasteiger partial charge in [-0.2, -0.15) is 0 Å². The molecule has 0 saturated heterocycles. The molecular formula is C13H19N3O4. The Labute approximate surface area is 117 Å². The summed E-state index contributed by atoms with van der Waals surface area (Å²) in [5.74, 6) is 0.296. The van der Waals surface area contributed by atoms with Crippen molar-refractivity contribution < 1.29 is 14.4 Å². The summed E-state index contributed by atoms with van der Waals surface area (Å²) >= 11 is 0. The SMILES string of the molecule is CCOC(CN=C(N)c1ccc([N+](=O)[O-])cc1)OCC. The van der Waals surface area contributed by atoms with Crippen LogP contribution in [-0.2, 0) is 9.47 Å². The molecule has 0 heterocycles. The van der Waals surface area contributed by atoms with E-state index in [1.807, 2.05) is 13.8 Å². The lowest BCUT2D eigenvalue weighted by atomic mass is 10.2. The number of hydrogen-bond acceptors (Lipinski definition) is 5. The maximum atomic E-state index is 10.6. The fourth-order valence-corrected chi connectivity index (χ4v) is 1.54. The Morgan fingerprint density at radius 2 is 1.85 bits per heavy atom. The Kier molecular flexibility index (Phi) is 6.61. The van der Waals surface area contributed by atoms with Crippen LogP contribution >= 0.6 is 0 Å². The van der Waals surface area contributed by atoms with Crippen LogP contribution in [0.25, 0.3) is 0 Å². The highest BCUT2D eigenvalue weighted by atomic mass is 16.7. The van der Waals surface area contributed by atoms with Gasteiger partial charge in [-0.1, -0.05) is 0 Å². The third kappa shape index (κ3) is 4.94. The first-order valence-electron chi connectivity index (χ1n) is 6.36. The van der Waals surface area contributed by atoms with Gasteiger partial charge in [0.2, 0.25) is 0 Å². The van der Waals surface area contributed by atoms with E-state index in [0.29, 0.717) is 24.6 Å². The lowest BCUT2D eigenvalue weighted by Crippen LogP contribution is -2.23. The lowest BCUT2D eigenvalue weighted by Gasteiger charge is -2.14. The quantitative estimate of drug-likeness (QED) is 0.257. The highest BCUT2D eigenvalue weighted by Crippen LogP contribution is 2.11. The van der Waals surface area contributed by atoms with Gasteiger partial charge in [0.25, 0.3) is 5.69 Å². The summed E-state index contributed by atoms with van der Waals surface area (Å²) in [7, 11) is 0. The van der Waals surface area contributed by atoms with Gasteiger partial charge in [0, 0.05) is 30.9 Å². The average Bonchev–Trinajstić information content (AvgIpc) is 2.45. The fourth-order valence-electron chi connectivity index (χ4n) is 1.54. The summed E-state index contributed by atoms with van der Waals surface area (Å²) in [6, 6.07) is 5.90. The second-order valence-electron chi connectivity index (χ2n) is 3.87. The van der Waals surface area contributed by atoms with Gasteiger partial charge in [0.1, 0.15) is 5.84 Å². The summed E-state index contributed by atoms with van der Waals surface area (Å²) in [6.07, 6.45) is -0.429.